The topological polar surface area (TPSA) is 46.5 Å². The van der Waals surface area contributed by atoms with E-state index in [4.69, 9.17) is 9.84 Å². The van der Waals surface area contributed by atoms with Gasteiger partial charge in [0.15, 0.2) is 0 Å². The number of carbonyl (C=O) groups is 1. The van der Waals surface area contributed by atoms with Crippen LogP contribution in [-0.2, 0) is 4.79 Å². The molecule has 4 heteroatoms. The maximum Gasteiger partial charge on any atom is 0.328 e. The van der Waals surface area contributed by atoms with E-state index in [-0.39, 0.29) is 5.41 Å². The lowest BCUT2D eigenvalue weighted by Crippen LogP contribution is -2.11. The lowest BCUT2D eigenvalue weighted by atomic mass is 9.93. The molecule has 0 aliphatic heterocycles. The van der Waals surface area contributed by atoms with Gasteiger partial charge in [-0.25, -0.2) is 9.18 Å². The summed E-state index contributed by atoms with van der Waals surface area (Å²) in [5, 5.41) is 8.53. The van der Waals surface area contributed by atoms with Gasteiger partial charge in [-0.15, -0.1) is 0 Å². The van der Waals surface area contributed by atoms with E-state index in [1.807, 2.05) is 0 Å². The van der Waals surface area contributed by atoms with Gasteiger partial charge in [0.05, 0.1) is 6.61 Å². The Morgan fingerprint density at radius 1 is 1.37 bits per heavy atom. The monoisotopic (exact) mass is 266 g/mol. The molecule has 1 rings (SSSR count). The van der Waals surface area contributed by atoms with Crippen LogP contribution in [0.5, 0.6) is 5.75 Å². The fourth-order valence-corrected chi connectivity index (χ4v) is 1.41. The highest BCUT2D eigenvalue weighted by Gasteiger charge is 2.10. The van der Waals surface area contributed by atoms with Gasteiger partial charge in [-0.2, -0.15) is 0 Å². The summed E-state index contributed by atoms with van der Waals surface area (Å²) >= 11 is 0. The van der Waals surface area contributed by atoms with Crippen molar-refractivity contribution >= 4 is 12.0 Å². The number of carboxylic acids is 1. The third kappa shape index (κ3) is 6.60. The van der Waals surface area contributed by atoms with Crippen molar-refractivity contribution in [3.05, 3.63) is 35.7 Å². The number of hydrogen-bond acceptors (Lipinski definition) is 2. The Hall–Kier alpha value is -1.84. The van der Waals surface area contributed by atoms with Crippen LogP contribution >= 0.6 is 0 Å². The molecule has 0 fully saturated rings. The number of rotatable bonds is 5. The second-order valence-corrected chi connectivity index (χ2v) is 5.55. The van der Waals surface area contributed by atoms with Crippen molar-refractivity contribution in [3.63, 3.8) is 0 Å². The summed E-state index contributed by atoms with van der Waals surface area (Å²) in [6.45, 7) is 6.80. The molecule has 0 bridgehead atoms. The zero-order chi connectivity index (χ0) is 14.5. The van der Waals surface area contributed by atoms with Gasteiger partial charge >= 0.3 is 5.97 Å². The fraction of sp³-hybridized carbons (Fsp3) is 0.400. The highest BCUT2D eigenvalue weighted by atomic mass is 19.1. The molecule has 0 spiro atoms. The van der Waals surface area contributed by atoms with E-state index in [1.165, 1.54) is 18.2 Å². The molecular formula is C15H19FO3. The molecule has 0 atom stereocenters. The molecule has 0 amide bonds. The first-order valence-electron chi connectivity index (χ1n) is 6.11. The minimum atomic E-state index is -1.07. The Morgan fingerprint density at radius 2 is 2.05 bits per heavy atom. The van der Waals surface area contributed by atoms with Crippen LogP contribution < -0.4 is 4.74 Å². The standard InChI is InChI=1S/C15H19FO3/c1-15(2,3)6-7-19-13-9-11(4-5-14(17)18)8-12(16)10-13/h4-5,8-10H,6-7H2,1-3H3,(H,17,18)/b5-4+. The molecule has 0 radical (unpaired) electrons. The third-order valence-corrected chi connectivity index (χ3v) is 2.43. The summed E-state index contributed by atoms with van der Waals surface area (Å²) in [5.74, 6) is -1.10. The summed E-state index contributed by atoms with van der Waals surface area (Å²) in [4.78, 5) is 10.4. The maximum atomic E-state index is 13.4. The molecule has 0 saturated carbocycles. The van der Waals surface area contributed by atoms with Gasteiger partial charge < -0.3 is 9.84 Å². The van der Waals surface area contributed by atoms with Crippen LogP contribution in [-0.4, -0.2) is 17.7 Å². The zero-order valence-electron chi connectivity index (χ0n) is 11.4. The third-order valence-electron chi connectivity index (χ3n) is 2.43. The van der Waals surface area contributed by atoms with Crippen molar-refractivity contribution in [3.8, 4) is 5.75 Å². The van der Waals surface area contributed by atoms with Crippen molar-refractivity contribution in [2.75, 3.05) is 6.61 Å². The summed E-state index contributed by atoms with van der Waals surface area (Å²) in [6, 6.07) is 4.17. The van der Waals surface area contributed by atoms with Gasteiger partial charge in [-0.1, -0.05) is 20.8 Å². The van der Waals surface area contributed by atoms with Crippen molar-refractivity contribution in [1.82, 2.24) is 0 Å². The van der Waals surface area contributed by atoms with E-state index in [1.54, 1.807) is 6.07 Å². The van der Waals surface area contributed by atoms with Gasteiger partial charge in [-0.3, -0.25) is 0 Å². The summed E-state index contributed by atoms with van der Waals surface area (Å²) in [5.41, 5.74) is 0.618. The van der Waals surface area contributed by atoms with Crippen LogP contribution in [0.3, 0.4) is 0 Å². The Labute approximate surface area is 112 Å². The molecule has 19 heavy (non-hydrogen) atoms. The number of halogens is 1. The maximum absolute atomic E-state index is 13.4. The predicted molar refractivity (Wildman–Crippen MR) is 72.6 cm³/mol. The lowest BCUT2D eigenvalue weighted by molar-refractivity contribution is -0.131. The second kappa shape index (κ2) is 6.36. The van der Waals surface area contributed by atoms with Crippen LogP contribution in [0.25, 0.3) is 6.08 Å². The Balaban J connectivity index is 2.71. The molecule has 0 aliphatic carbocycles. The largest absolute Gasteiger partial charge is 0.493 e. The minimum Gasteiger partial charge on any atom is -0.493 e. The number of hydrogen-bond donors (Lipinski definition) is 1. The molecule has 3 nitrogen and oxygen atoms in total. The molecular weight excluding hydrogens is 247 g/mol. The van der Waals surface area contributed by atoms with E-state index < -0.39 is 11.8 Å². The smallest absolute Gasteiger partial charge is 0.328 e. The average Bonchev–Trinajstić information content (AvgIpc) is 2.24. The zero-order valence-corrected chi connectivity index (χ0v) is 11.4. The molecule has 0 unspecified atom stereocenters. The van der Waals surface area contributed by atoms with E-state index in [9.17, 15) is 9.18 Å². The highest BCUT2D eigenvalue weighted by molar-refractivity contribution is 5.85. The van der Waals surface area contributed by atoms with Gasteiger partial charge in [0, 0.05) is 12.1 Å². The Morgan fingerprint density at radius 3 is 2.63 bits per heavy atom. The van der Waals surface area contributed by atoms with Crippen molar-refractivity contribution < 1.29 is 19.0 Å². The van der Waals surface area contributed by atoms with Crippen LogP contribution in [0.4, 0.5) is 4.39 Å². The molecule has 0 saturated heterocycles. The second-order valence-electron chi connectivity index (χ2n) is 5.55. The van der Waals surface area contributed by atoms with Crippen LogP contribution in [0, 0.1) is 11.2 Å². The average molecular weight is 266 g/mol. The van der Waals surface area contributed by atoms with Gasteiger partial charge in [0.25, 0.3) is 0 Å². The van der Waals surface area contributed by atoms with E-state index in [0.717, 1.165) is 12.5 Å². The van der Waals surface area contributed by atoms with Gasteiger partial charge in [-0.05, 0) is 35.6 Å². The van der Waals surface area contributed by atoms with Gasteiger partial charge in [0.2, 0.25) is 0 Å². The molecule has 0 aliphatic rings. The minimum absolute atomic E-state index is 0.152. The summed E-state index contributed by atoms with van der Waals surface area (Å²) in [6.07, 6.45) is 3.15. The first-order chi connectivity index (χ1) is 8.76. The first kappa shape index (κ1) is 15.2. The van der Waals surface area contributed by atoms with E-state index in [0.29, 0.717) is 17.9 Å². The summed E-state index contributed by atoms with van der Waals surface area (Å²) < 4.78 is 18.8. The molecule has 104 valence electrons. The number of aliphatic carboxylic acids is 1. The molecule has 1 aromatic rings. The van der Waals surface area contributed by atoms with E-state index in [2.05, 4.69) is 20.8 Å². The summed E-state index contributed by atoms with van der Waals surface area (Å²) in [7, 11) is 0. The Kier molecular flexibility index (Phi) is 5.10. The van der Waals surface area contributed by atoms with Crippen LogP contribution in [0.2, 0.25) is 0 Å². The predicted octanol–water partition coefficient (Wildman–Crippen LogP) is 3.74. The van der Waals surface area contributed by atoms with Crippen molar-refractivity contribution in [1.29, 1.82) is 0 Å². The van der Waals surface area contributed by atoms with Crippen LogP contribution in [0.15, 0.2) is 24.3 Å². The quantitative estimate of drug-likeness (QED) is 0.826. The highest BCUT2D eigenvalue weighted by Crippen LogP contribution is 2.21. The lowest BCUT2D eigenvalue weighted by Gasteiger charge is -2.18. The fourth-order valence-electron chi connectivity index (χ4n) is 1.41. The number of carboxylic acid groups (broad SMARTS) is 1. The number of ether oxygens (including phenoxy) is 1. The number of benzene rings is 1. The molecule has 0 heterocycles. The molecule has 1 aromatic carbocycles. The molecule has 0 aromatic heterocycles. The van der Waals surface area contributed by atoms with Crippen molar-refractivity contribution in [2.45, 2.75) is 27.2 Å². The van der Waals surface area contributed by atoms with Crippen LogP contribution in [0.1, 0.15) is 32.8 Å². The first-order valence-corrected chi connectivity index (χ1v) is 6.11. The Bertz CT molecular complexity index is 473. The van der Waals surface area contributed by atoms with Crippen molar-refractivity contribution in [2.24, 2.45) is 5.41 Å². The normalized spacial score (nSPS) is 11.8. The molecule has 1 N–H and O–H groups in total. The SMILES string of the molecule is CC(C)(C)CCOc1cc(F)cc(/C=C/C(=O)O)c1. The van der Waals surface area contributed by atoms with Gasteiger partial charge in [0.1, 0.15) is 11.6 Å². The van der Waals surface area contributed by atoms with E-state index >= 15 is 0 Å².